The van der Waals surface area contributed by atoms with Crippen molar-refractivity contribution < 1.29 is 15.0 Å². The molecule has 1 aliphatic rings. The van der Waals surface area contributed by atoms with Crippen molar-refractivity contribution >= 4 is 6.03 Å². The molecule has 5 heteroatoms. The predicted molar refractivity (Wildman–Crippen MR) is 140 cm³/mol. The van der Waals surface area contributed by atoms with Crippen LogP contribution in [0, 0.1) is 0 Å². The van der Waals surface area contributed by atoms with Crippen molar-refractivity contribution in [3.63, 3.8) is 0 Å². The van der Waals surface area contributed by atoms with Gasteiger partial charge in [0, 0.05) is 13.1 Å². The molecule has 0 bridgehead atoms. The van der Waals surface area contributed by atoms with Gasteiger partial charge in [-0.25, -0.2) is 4.79 Å². The van der Waals surface area contributed by atoms with E-state index in [-0.39, 0.29) is 6.03 Å². The number of rotatable bonds is 6. The fourth-order valence-electron chi connectivity index (χ4n) is 5.09. The fraction of sp³-hybridized carbons (Fsp3) is 0.194. The summed E-state index contributed by atoms with van der Waals surface area (Å²) < 4.78 is 0. The molecule has 4 atom stereocenters. The number of aliphatic hydroxyl groups excluding tert-OH is 2. The normalized spacial score (nSPS) is 22.3. The lowest BCUT2D eigenvalue weighted by atomic mass is 9.90. The maximum atomic E-state index is 14.4. The van der Waals surface area contributed by atoms with E-state index in [2.05, 4.69) is 0 Å². The summed E-state index contributed by atoms with van der Waals surface area (Å²) >= 11 is 0. The molecule has 36 heavy (non-hydrogen) atoms. The number of aliphatic hydroxyl groups is 2. The Morgan fingerprint density at radius 3 is 1.14 bits per heavy atom. The summed E-state index contributed by atoms with van der Waals surface area (Å²) in [5, 5.41) is 23.4. The van der Waals surface area contributed by atoms with E-state index in [1.165, 1.54) is 0 Å². The van der Waals surface area contributed by atoms with E-state index < -0.39 is 24.3 Å². The second-order valence-electron chi connectivity index (χ2n) is 9.20. The minimum Gasteiger partial charge on any atom is -0.388 e. The van der Waals surface area contributed by atoms with Gasteiger partial charge in [-0.1, -0.05) is 121 Å². The molecule has 4 aromatic rings. The lowest BCUT2D eigenvalue weighted by Crippen LogP contribution is -2.44. The van der Waals surface area contributed by atoms with Crippen LogP contribution >= 0.6 is 0 Å². The smallest absolute Gasteiger partial charge is 0.321 e. The van der Waals surface area contributed by atoms with Crippen molar-refractivity contribution in [1.29, 1.82) is 0 Å². The van der Waals surface area contributed by atoms with Crippen LogP contribution in [0.25, 0.3) is 0 Å². The van der Waals surface area contributed by atoms with E-state index >= 15 is 0 Å². The van der Waals surface area contributed by atoms with Gasteiger partial charge in [0.25, 0.3) is 0 Å². The first-order valence-corrected chi connectivity index (χ1v) is 12.2. The van der Waals surface area contributed by atoms with Crippen LogP contribution < -0.4 is 0 Å². The molecule has 0 aliphatic carbocycles. The molecule has 0 radical (unpaired) electrons. The van der Waals surface area contributed by atoms with Crippen LogP contribution in [0.2, 0.25) is 0 Å². The highest BCUT2D eigenvalue weighted by Gasteiger charge is 2.47. The van der Waals surface area contributed by atoms with Gasteiger partial charge in [0.2, 0.25) is 0 Å². The Morgan fingerprint density at radius 1 is 0.500 bits per heavy atom. The molecule has 0 aromatic heterocycles. The van der Waals surface area contributed by atoms with E-state index in [4.69, 9.17) is 0 Å². The van der Waals surface area contributed by atoms with E-state index in [0.717, 1.165) is 22.3 Å². The Hall–Kier alpha value is -3.93. The summed E-state index contributed by atoms with van der Waals surface area (Å²) in [6.45, 7) is 0.603. The highest BCUT2D eigenvalue weighted by molar-refractivity contribution is 5.76. The zero-order chi connectivity index (χ0) is 24.9. The summed E-state index contributed by atoms with van der Waals surface area (Å²) in [5.74, 6) is 0. The van der Waals surface area contributed by atoms with Crippen molar-refractivity contribution in [2.75, 3.05) is 0 Å². The predicted octanol–water partition coefficient (Wildman–Crippen LogP) is 5.33. The largest absolute Gasteiger partial charge is 0.388 e. The van der Waals surface area contributed by atoms with Crippen LogP contribution in [0.4, 0.5) is 4.79 Å². The van der Waals surface area contributed by atoms with Gasteiger partial charge in [-0.2, -0.15) is 0 Å². The summed E-state index contributed by atoms with van der Waals surface area (Å²) in [6, 6.07) is 36.8. The van der Waals surface area contributed by atoms with E-state index in [1.807, 2.05) is 121 Å². The maximum Gasteiger partial charge on any atom is 0.321 e. The van der Waals surface area contributed by atoms with Crippen molar-refractivity contribution in [3.8, 4) is 0 Å². The molecule has 1 heterocycles. The standard InChI is InChI=1S/C31H30N2O3/c34-29-27(25-17-9-3-10-18-25)32(21-23-13-5-1-6-14-23)31(36)33(22-24-15-7-2-8-16-24)28(30(29)35)26-19-11-4-12-20-26/h1-20,27-30,34-35H,21-22H2/t27-,28-,29+,30+/m1/s1. The number of carbonyl (C=O) groups is 1. The van der Waals surface area contributed by atoms with E-state index in [0.29, 0.717) is 13.1 Å². The van der Waals surface area contributed by atoms with Gasteiger partial charge in [-0.15, -0.1) is 0 Å². The molecule has 1 aliphatic heterocycles. The molecule has 2 amide bonds. The first kappa shape index (κ1) is 23.8. The number of amides is 2. The third-order valence-electron chi connectivity index (χ3n) is 6.83. The number of nitrogens with zero attached hydrogens (tertiary/aromatic N) is 2. The van der Waals surface area contributed by atoms with Gasteiger partial charge in [0.05, 0.1) is 12.1 Å². The maximum absolute atomic E-state index is 14.4. The van der Waals surface area contributed by atoms with Gasteiger partial charge in [0.1, 0.15) is 12.2 Å². The molecule has 0 spiro atoms. The molecule has 2 N–H and O–H groups in total. The highest BCUT2D eigenvalue weighted by Crippen LogP contribution is 2.40. The zero-order valence-corrected chi connectivity index (χ0v) is 20.0. The van der Waals surface area contributed by atoms with Gasteiger partial charge in [-0.3, -0.25) is 0 Å². The van der Waals surface area contributed by atoms with Crippen LogP contribution in [0.3, 0.4) is 0 Å². The van der Waals surface area contributed by atoms with Crippen molar-refractivity contribution in [2.24, 2.45) is 0 Å². The van der Waals surface area contributed by atoms with Crippen LogP contribution in [-0.2, 0) is 13.1 Å². The minimum absolute atomic E-state index is 0.235. The van der Waals surface area contributed by atoms with Crippen LogP contribution in [0.15, 0.2) is 121 Å². The van der Waals surface area contributed by atoms with Crippen LogP contribution in [0.1, 0.15) is 34.3 Å². The second-order valence-corrected chi connectivity index (χ2v) is 9.20. The van der Waals surface area contributed by atoms with Crippen molar-refractivity contribution in [2.45, 2.75) is 37.4 Å². The monoisotopic (exact) mass is 478 g/mol. The summed E-state index contributed by atoms with van der Waals surface area (Å²) in [5.41, 5.74) is 3.46. The molecular formula is C31H30N2O3. The first-order chi connectivity index (χ1) is 17.6. The average Bonchev–Trinajstić information content (AvgIpc) is 3.00. The topological polar surface area (TPSA) is 64.0 Å². The molecule has 1 fully saturated rings. The Morgan fingerprint density at radius 2 is 0.806 bits per heavy atom. The molecule has 4 aromatic carbocycles. The third kappa shape index (κ3) is 4.89. The van der Waals surface area contributed by atoms with Gasteiger partial charge >= 0.3 is 6.03 Å². The minimum atomic E-state index is -1.20. The van der Waals surface area contributed by atoms with Gasteiger partial charge in [-0.05, 0) is 22.3 Å². The summed E-state index contributed by atoms with van der Waals surface area (Å²) in [7, 11) is 0. The molecular weight excluding hydrogens is 448 g/mol. The Labute approximate surface area is 211 Å². The lowest BCUT2D eigenvalue weighted by molar-refractivity contribution is -0.0429. The molecule has 0 unspecified atom stereocenters. The Balaban J connectivity index is 1.65. The molecule has 5 rings (SSSR count). The van der Waals surface area contributed by atoms with Gasteiger partial charge < -0.3 is 20.0 Å². The fourth-order valence-corrected chi connectivity index (χ4v) is 5.09. The average molecular weight is 479 g/mol. The number of hydrogen-bond donors (Lipinski definition) is 2. The summed E-state index contributed by atoms with van der Waals surface area (Å²) in [6.07, 6.45) is -2.41. The van der Waals surface area contributed by atoms with Gasteiger partial charge in [0.15, 0.2) is 0 Å². The quantitative estimate of drug-likeness (QED) is 0.394. The SMILES string of the molecule is O=C1N(Cc2ccccc2)[C@H](c2ccccc2)[C@H](O)[C@@H](O)[C@@H](c2ccccc2)N1Cc1ccccc1. The van der Waals surface area contributed by atoms with Crippen LogP contribution in [0.5, 0.6) is 0 Å². The summed E-state index contributed by atoms with van der Waals surface area (Å²) in [4.78, 5) is 17.8. The first-order valence-electron chi connectivity index (χ1n) is 12.2. The molecule has 0 saturated carbocycles. The third-order valence-corrected chi connectivity index (χ3v) is 6.83. The van der Waals surface area contributed by atoms with E-state index in [1.54, 1.807) is 9.80 Å². The van der Waals surface area contributed by atoms with Crippen LogP contribution in [-0.4, -0.2) is 38.3 Å². The molecule has 182 valence electrons. The number of hydrogen-bond acceptors (Lipinski definition) is 3. The molecule has 1 saturated heterocycles. The number of benzene rings is 4. The Kier molecular flexibility index (Phi) is 7.12. The highest BCUT2D eigenvalue weighted by atomic mass is 16.3. The zero-order valence-electron chi connectivity index (χ0n) is 20.0. The molecule has 5 nitrogen and oxygen atoms in total. The number of carbonyl (C=O) groups excluding carboxylic acids is 1. The van der Waals surface area contributed by atoms with Crippen molar-refractivity contribution in [1.82, 2.24) is 9.80 Å². The lowest BCUT2D eigenvalue weighted by Gasteiger charge is -2.36. The Bertz CT molecular complexity index is 1150. The van der Waals surface area contributed by atoms with Crippen molar-refractivity contribution in [3.05, 3.63) is 144 Å². The number of urea groups is 1. The second kappa shape index (κ2) is 10.8. The van der Waals surface area contributed by atoms with E-state index in [9.17, 15) is 15.0 Å².